The molecule has 92 valence electrons. The van der Waals surface area contributed by atoms with Gasteiger partial charge in [0.2, 0.25) is 0 Å². The molecule has 0 radical (unpaired) electrons. The van der Waals surface area contributed by atoms with Gasteiger partial charge in [-0.3, -0.25) is 4.79 Å². The van der Waals surface area contributed by atoms with Crippen molar-refractivity contribution in [2.24, 2.45) is 0 Å². The van der Waals surface area contributed by atoms with Crippen molar-refractivity contribution in [3.05, 3.63) is 23.5 Å². The van der Waals surface area contributed by atoms with Crippen LogP contribution in [0, 0.1) is 5.82 Å². The van der Waals surface area contributed by atoms with Crippen LogP contribution in [0.3, 0.4) is 0 Å². The Bertz CT molecular complexity index is 413. The Morgan fingerprint density at radius 1 is 1.47 bits per heavy atom. The quantitative estimate of drug-likeness (QED) is 0.823. The number of aromatic hydroxyl groups is 1. The number of hydrogen-bond donors (Lipinski definition) is 1. The zero-order valence-corrected chi connectivity index (χ0v) is 9.19. The lowest BCUT2D eigenvalue weighted by atomic mass is 10.2. The lowest BCUT2D eigenvalue weighted by Crippen LogP contribution is -2.25. The van der Waals surface area contributed by atoms with E-state index in [9.17, 15) is 14.3 Å². The van der Waals surface area contributed by atoms with Crippen LogP contribution in [-0.4, -0.2) is 24.3 Å². The topological polar surface area (TPSA) is 55.8 Å². The van der Waals surface area contributed by atoms with E-state index in [1.807, 2.05) is 0 Å². The molecule has 1 unspecified atom stereocenters. The fourth-order valence-electron chi connectivity index (χ4n) is 1.69. The van der Waals surface area contributed by atoms with Crippen molar-refractivity contribution in [2.75, 3.05) is 6.61 Å². The number of ether oxygens (including phenoxy) is 2. The summed E-state index contributed by atoms with van der Waals surface area (Å²) in [5.74, 6) is -0.980. The van der Waals surface area contributed by atoms with E-state index in [0.29, 0.717) is 19.3 Å². The van der Waals surface area contributed by atoms with Crippen LogP contribution in [0.15, 0.2) is 12.1 Å². The van der Waals surface area contributed by atoms with Gasteiger partial charge in [-0.05, 0) is 18.9 Å². The minimum absolute atomic E-state index is 0.000000000000000222. The second kappa shape index (κ2) is 5.14. The molecular formula is C12H13FO4. The number of hydrogen-bond acceptors (Lipinski definition) is 4. The van der Waals surface area contributed by atoms with Crippen LogP contribution < -0.4 is 4.74 Å². The molecule has 1 aromatic carbocycles. The van der Waals surface area contributed by atoms with Gasteiger partial charge in [-0.1, -0.05) is 0 Å². The minimum atomic E-state index is -0.719. The Hall–Kier alpha value is -1.62. The average molecular weight is 240 g/mol. The Morgan fingerprint density at radius 2 is 2.29 bits per heavy atom. The minimum Gasteiger partial charge on any atom is -0.504 e. The molecule has 1 heterocycles. The van der Waals surface area contributed by atoms with Crippen LogP contribution in [-0.2, 0) is 4.74 Å². The molecule has 1 saturated heterocycles. The summed E-state index contributed by atoms with van der Waals surface area (Å²) in [5, 5.41) is 9.57. The molecule has 0 saturated carbocycles. The monoisotopic (exact) mass is 240 g/mol. The summed E-state index contributed by atoms with van der Waals surface area (Å²) in [6.45, 7) is 0.598. The number of phenolic OH excluding ortho intramolecular Hbond substituents is 1. The molecule has 1 N–H and O–H groups in total. The molecule has 4 nitrogen and oxygen atoms in total. The highest BCUT2D eigenvalue weighted by Crippen LogP contribution is 2.30. The first-order valence-corrected chi connectivity index (χ1v) is 5.46. The molecule has 0 amide bonds. The van der Waals surface area contributed by atoms with E-state index in [1.54, 1.807) is 0 Å². The van der Waals surface area contributed by atoms with Gasteiger partial charge in [0, 0.05) is 12.5 Å². The van der Waals surface area contributed by atoms with E-state index < -0.39 is 12.1 Å². The van der Waals surface area contributed by atoms with Crippen LogP contribution in [0.2, 0.25) is 0 Å². The maximum absolute atomic E-state index is 13.3. The van der Waals surface area contributed by atoms with E-state index in [-0.39, 0.29) is 17.1 Å². The highest BCUT2D eigenvalue weighted by Gasteiger charge is 2.18. The number of phenols is 1. The second-order valence-corrected chi connectivity index (χ2v) is 3.87. The molecule has 17 heavy (non-hydrogen) atoms. The van der Waals surface area contributed by atoms with Crippen LogP contribution in [0.1, 0.15) is 29.6 Å². The average Bonchev–Trinajstić information content (AvgIpc) is 2.34. The van der Waals surface area contributed by atoms with Crippen molar-refractivity contribution in [1.29, 1.82) is 0 Å². The standard InChI is InChI=1S/C12H13FO4/c13-9-6-11(10(15)5-8(9)7-14)17-12-3-1-2-4-16-12/h5-7,12,15H,1-4H2. The van der Waals surface area contributed by atoms with Crippen molar-refractivity contribution < 1.29 is 23.8 Å². The molecule has 1 atom stereocenters. The maximum Gasteiger partial charge on any atom is 0.200 e. The van der Waals surface area contributed by atoms with Crippen molar-refractivity contribution in [1.82, 2.24) is 0 Å². The molecular weight excluding hydrogens is 227 g/mol. The Kier molecular flexibility index (Phi) is 3.58. The predicted molar refractivity (Wildman–Crippen MR) is 57.7 cm³/mol. The largest absolute Gasteiger partial charge is 0.504 e. The molecule has 1 aliphatic heterocycles. The molecule has 1 aromatic rings. The zero-order valence-electron chi connectivity index (χ0n) is 9.19. The first kappa shape index (κ1) is 11.9. The van der Waals surface area contributed by atoms with Gasteiger partial charge in [-0.25, -0.2) is 4.39 Å². The number of benzene rings is 1. The highest BCUT2D eigenvalue weighted by molar-refractivity contribution is 5.76. The first-order chi connectivity index (χ1) is 8.20. The lowest BCUT2D eigenvalue weighted by Gasteiger charge is -2.23. The van der Waals surface area contributed by atoms with Gasteiger partial charge in [-0.15, -0.1) is 0 Å². The van der Waals surface area contributed by atoms with Crippen LogP contribution in [0.5, 0.6) is 11.5 Å². The van der Waals surface area contributed by atoms with Crippen molar-refractivity contribution in [3.8, 4) is 11.5 Å². The van der Waals surface area contributed by atoms with E-state index in [0.717, 1.165) is 25.0 Å². The fourth-order valence-corrected chi connectivity index (χ4v) is 1.69. The molecule has 0 spiro atoms. The summed E-state index contributed by atoms with van der Waals surface area (Å²) in [7, 11) is 0. The molecule has 1 aliphatic rings. The molecule has 2 rings (SSSR count). The van der Waals surface area contributed by atoms with Gasteiger partial charge in [0.05, 0.1) is 12.2 Å². The van der Waals surface area contributed by atoms with E-state index in [4.69, 9.17) is 9.47 Å². The van der Waals surface area contributed by atoms with Crippen LogP contribution in [0.25, 0.3) is 0 Å². The third-order valence-corrected chi connectivity index (χ3v) is 2.60. The van der Waals surface area contributed by atoms with E-state index in [2.05, 4.69) is 0 Å². The number of carbonyl (C=O) groups excluding carboxylic acids is 1. The summed E-state index contributed by atoms with van der Waals surface area (Å²) in [4.78, 5) is 10.5. The smallest absolute Gasteiger partial charge is 0.200 e. The van der Waals surface area contributed by atoms with E-state index >= 15 is 0 Å². The summed E-state index contributed by atoms with van der Waals surface area (Å²) < 4.78 is 24.0. The van der Waals surface area contributed by atoms with Gasteiger partial charge in [0.15, 0.2) is 24.1 Å². The first-order valence-electron chi connectivity index (χ1n) is 5.46. The summed E-state index contributed by atoms with van der Waals surface area (Å²) in [6.07, 6.45) is 2.54. The Balaban J connectivity index is 2.14. The van der Waals surface area contributed by atoms with Crippen LogP contribution >= 0.6 is 0 Å². The van der Waals surface area contributed by atoms with E-state index in [1.165, 1.54) is 0 Å². The number of carbonyl (C=O) groups is 1. The Labute approximate surface area is 98.0 Å². The lowest BCUT2D eigenvalue weighted by molar-refractivity contribution is -0.106. The van der Waals surface area contributed by atoms with Crippen molar-refractivity contribution in [2.45, 2.75) is 25.6 Å². The van der Waals surface area contributed by atoms with Crippen LogP contribution in [0.4, 0.5) is 4.39 Å². The predicted octanol–water partition coefficient (Wildman–Crippen LogP) is 2.25. The molecule has 0 aliphatic carbocycles. The van der Waals surface area contributed by atoms with Crippen molar-refractivity contribution >= 4 is 6.29 Å². The SMILES string of the molecule is O=Cc1cc(O)c(OC2CCCCO2)cc1F. The molecule has 0 aromatic heterocycles. The summed E-state index contributed by atoms with van der Waals surface area (Å²) in [5.41, 5.74) is -0.195. The number of aldehydes is 1. The summed E-state index contributed by atoms with van der Waals surface area (Å²) >= 11 is 0. The Morgan fingerprint density at radius 3 is 2.94 bits per heavy atom. The van der Waals surface area contributed by atoms with Gasteiger partial charge >= 0.3 is 0 Å². The maximum atomic E-state index is 13.3. The number of rotatable bonds is 3. The molecule has 5 heteroatoms. The van der Waals surface area contributed by atoms with Gasteiger partial charge in [0.25, 0.3) is 0 Å². The molecule has 0 bridgehead atoms. The third-order valence-electron chi connectivity index (χ3n) is 2.60. The normalized spacial score (nSPS) is 19.9. The highest BCUT2D eigenvalue weighted by atomic mass is 19.1. The summed E-state index contributed by atoms with van der Waals surface area (Å²) in [6, 6.07) is 2.04. The number of halogens is 1. The van der Waals surface area contributed by atoms with Gasteiger partial charge < -0.3 is 14.6 Å². The third kappa shape index (κ3) is 2.74. The van der Waals surface area contributed by atoms with Gasteiger partial charge in [-0.2, -0.15) is 0 Å². The van der Waals surface area contributed by atoms with Crippen molar-refractivity contribution in [3.63, 3.8) is 0 Å². The molecule has 1 fully saturated rings. The van der Waals surface area contributed by atoms with Gasteiger partial charge in [0.1, 0.15) is 5.82 Å². The fraction of sp³-hybridized carbons (Fsp3) is 0.417. The zero-order chi connectivity index (χ0) is 12.3. The second-order valence-electron chi connectivity index (χ2n) is 3.87.